The predicted molar refractivity (Wildman–Crippen MR) is 94.8 cm³/mol. The van der Waals surface area contributed by atoms with Crippen molar-refractivity contribution >= 4 is 23.5 Å². The van der Waals surface area contributed by atoms with E-state index < -0.39 is 0 Å². The smallest absolute Gasteiger partial charge is 0.270 e. The van der Waals surface area contributed by atoms with Crippen LogP contribution in [0.3, 0.4) is 0 Å². The van der Waals surface area contributed by atoms with Crippen LogP contribution >= 0.6 is 11.6 Å². The van der Waals surface area contributed by atoms with Crippen molar-refractivity contribution in [3.8, 4) is 17.2 Å². The highest BCUT2D eigenvalue weighted by atomic mass is 35.5. The molecular weight excluding hydrogens is 342 g/mol. The topological polar surface area (TPSA) is 77.2 Å². The van der Waals surface area contributed by atoms with Crippen LogP contribution in [0.4, 0.5) is 5.95 Å². The zero-order chi connectivity index (χ0) is 17.8. The van der Waals surface area contributed by atoms with Crippen molar-refractivity contribution in [3.63, 3.8) is 0 Å². The van der Waals surface area contributed by atoms with Crippen LogP contribution in [0.2, 0.25) is 5.02 Å². The van der Waals surface area contributed by atoms with Gasteiger partial charge in [0.2, 0.25) is 0 Å². The molecule has 128 valence electrons. The molecule has 0 aliphatic rings. The standard InChI is InChI=1S/C18H16ClN3O3/c1-11-6-12(2)8-15(7-11)24-10-16(23)20-18-21-17(25-22-18)13-4-3-5-14(19)9-13/h3-9H,10H2,1-2H3,(H,20,22,23). The number of nitrogens with zero attached hydrogens (tertiary/aromatic N) is 2. The van der Waals surface area contributed by atoms with E-state index in [1.54, 1.807) is 24.3 Å². The third-order valence-corrected chi connectivity index (χ3v) is 3.55. The van der Waals surface area contributed by atoms with E-state index in [9.17, 15) is 4.79 Å². The summed E-state index contributed by atoms with van der Waals surface area (Å²) in [5.41, 5.74) is 2.81. The fourth-order valence-electron chi connectivity index (χ4n) is 2.34. The SMILES string of the molecule is Cc1cc(C)cc(OCC(=O)Nc2noc(-c3cccc(Cl)c3)n2)c1. The van der Waals surface area contributed by atoms with Gasteiger partial charge in [-0.25, -0.2) is 0 Å². The number of aryl methyl sites for hydroxylation is 2. The van der Waals surface area contributed by atoms with Crippen molar-refractivity contribution in [2.75, 3.05) is 11.9 Å². The second-order valence-corrected chi connectivity index (χ2v) is 6.03. The van der Waals surface area contributed by atoms with Gasteiger partial charge in [0.05, 0.1) is 0 Å². The molecule has 3 aromatic rings. The van der Waals surface area contributed by atoms with Crippen molar-refractivity contribution in [2.24, 2.45) is 0 Å². The second-order valence-electron chi connectivity index (χ2n) is 5.59. The van der Waals surface area contributed by atoms with Crippen LogP contribution in [0, 0.1) is 13.8 Å². The Bertz CT molecular complexity index is 888. The molecule has 0 radical (unpaired) electrons. The van der Waals surface area contributed by atoms with E-state index in [1.807, 2.05) is 32.0 Å². The number of ether oxygens (including phenoxy) is 1. The minimum Gasteiger partial charge on any atom is -0.484 e. The Morgan fingerprint density at radius 1 is 1.20 bits per heavy atom. The van der Waals surface area contributed by atoms with Gasteiger partial charge in [0.25, 0.3) is 17.7 Å². The van der Waals surface area contributed by atoms with Gasteiger partial charge < -0.3 is 9.26 Å². The minimum atomic E-state index is -0.377. The molecule has 7 heteroatoms. The molecule has 0 aliphatic carbocycles. The molecule has 2 aromatic carbocycles. The van der Waals surface area contributed by atoms with Crippen molar-refractivity contribution in [1.82, 2.24) is 10.1 Å². The second kappa shape index (κ2) is 7.36. The number of halogens is 1. The molecule has 0 aliphatic heterocycles. The van der Waals surface area contributed by atoms with Gasteiger partial charge in [-0.1, -0.05) is 23.7 Å². The zero-order valence-electron chi connectivity index (χ0n) is 13.7. The summed E-state index contributed by atoms with van der Waals surface area (Å²) in [6.45, 7) is 3.79. The lowest BCUT2D eigenvalue weighted by Gasteiger charge is -2.07. The van der Waals surface area contributed by atoms with Gasteiger partial charge in [0.15, 0.2) is 6.61 Å². The minimum absolute atomic E-state index is 0.0731. The highest BCUT2D eigenvalue weighted by Gasteiger charge is 2.12. The lowest BCUT2D eigenvalue weighted by Crippen LogP contribution is -2.20. The Morgan fingerprint density at radius 2 is 1.96 bits per heavy atom. The first-order chi connectivity index (χ1) is 12.0. The van der Waals surface area contributed by atoms with Crippen LogP contribution in [0.5, 0.6) is 5.75 Å². The molecule has 1 N–H and O–H groups in total. The molecule has 0 fully saturated rings. The van der Waals surface area contributed by atoms with E-state index in [0.717, 1.165) is 11.1 Å². The summed E-state index contributed by atoms with van der Waals surface area (Å²) in [4.78, 5) is 16.1. The molecule has 0 unspecified atom stereocenters. The average molecular weight is 358 g/mol. The molecule has 0 spiro atoms. The number of hydrogen-bond acceptors (Lipinski definition) is 5. The van der Waals surface area contributed by atoms with E-state index in [1.165, 1.54) is 0 Å². The third kappa shape index (κ3) is 4.58. The number of nitrogens with one attached hydrogen (secondary N) is 1. The summed E-state index contributed by atoms with van der Waals surface area (Å²) in [6, 6.07) is 12.8. The number of benzene rings is 2. The Hall–Kier alpha value is -2.86. The Kier molecular flexibility index (Phi) is 5.00. The first-order valence-corrected chi connectivity index (χ1v) is 7.98. The van der Waals surface area contributed by atoms with Crippen molar-refractivity contribution in [1.29, 1.82) is 0 Å². The summed E-state index contributed by atoms with van der Waals surface area (Å²) in [7, 11) is 0. The van der Waals surface area contributed by atoms with Crippen LogP contribution in [0.1, 0.15) is 11.1 Å². The number of aromatic nitrogens is 2. The largest absolute Gasteiger partial charge is 0.484 e. The summed E-state index contributed by atoms with van der Waals surface area (Å²) in [5, 5.41) is 6.82. The van der Waals surface area contributed by atoms with Gasteiger partial charge in [-0.05, 0) is 60.5 Å². The molecule has 0 saturated heterocycles. The maximum Gasteiger partial charge on any atom is 0.270 e. The van der Waals surface area contributed by atoms with Crippen molar-refractivity contribution < 1.29 is 14.1 Å². The first-order valence-electron chi connectivity index (χ1n) is 7.60. The van der Waals surface area contributed by atoms with Gasteiger partial charge in [-0.2, -0.15) is 4.98 Å². The van der Waals surface area contributed by atoms with E-state index in [-0.39, 0.29) is 24.4 Å². The lowest BCUT2D eigenvalue weighted by atomic mass is 10.1. The van der Waals surface area contributed by atoms with Crippen molar-refractivity contribution in [3.05, 3.63) is 58.6 Å². The van der Waals surface area contributed by atoms with Gasteiger partial charge in [-0.15, -0.1) is 0 Å². The van der Waals surface area contributed by atoms with Crippen LogP contribution in [-0.4, -0.2) is 22.7 Å². The van der Waals surface area contributed by atoms with Gasteiger partial charge in [0, 0.05) is 10.6 Å². The molecule has 0 bridgehead atoms. The van der Waals surface area contributed by atoms with E-state index >= 15 is 0 Å². The van der Waals surface area contributed by atoms with Crippen LogP contribution in [0.25, 0.3) is 11.5 Å². The Labute approximate surface area is 149 Å². The molecule has 6 nitrogen and oxygen atoms in total. The van der Waals surface area contributed by atoms with E-state index in [2.05, 4.69) is 15.5 Å². The predicted octanol–water partition coefficient (Wildman–Crippen LogP) is 4.02. The van der Waals surface area contributed by atoms with E-state index in [4.69, 9.17) is 20.9 Å². The monoisotopic (exact) mass is 357 g/mol. The van der Waals surface area contributed by atoms with Crippen LogP contribution < -0.4 is 10.1 Å². The zero-order valence-corrected chi connectivity index (χ0v) is 14.5. The van der Waals surface area contributed by atoms with Gasteiger partial charge >= 0.3 is 0 Å². The Balaban J connectivity index is 1.60. The highest BCUT2D eigenvalue weighted by Crippen LogP contribution is 2.22. The van der Waals surface area contributed by atoms with E-state index in [0.29, 0.717) is 16.3 Å². The maximum atomic E-state index is 12.0. The molecule has 1 heterocycles. The van der Waals surface area contributed by atoms with Gasteiger partial charge in [-0.3, -0.25) is 10.1 Å². The molecule has 0 atom stereocenters. The normalized spacial score (nSPS) is 10.5. The highest BCUT2D eigenvalue weighted by molar-refractivity contribution is 6.30. The molecular formula is C18H16ClN3O3. The van der Waals surface area contributed by atoms with Crippen LogP contribution in [-0.2, 0) is 4.79 Å². The number of anilines is 1. The quantitative estimate of drug-likeness (QED) is 0.746. The summed E-state index contributed by atoms with van der Waals surface area (Å²) < 4.78 is 10.6. The lowest BCUT2D eigenvalue weighted by molar-refractivity contribution is -0.118. The summed E-state index contributed by atoms with van der Waals surface area (Å²) in [6.07, 6.45) is 0. The average Bonchev–Trinajstić information content (AvgIpc) is 3.00. The number of hydrogen-bond donors (Lipinski definition) is 1. The fourth-order valence-corrected chi connectivity index (χ4v) is 2.53. The molecule has 1 aromatic heterocycles. The number of rotatable bonds is 5. The number of amides is 1. The molecule has 3 rings (SSSR count). The summed E-state index contributed by atoms with van der Waals surface area (Å²) in [5.74, 6) is 0.606. The number of carbonyl (C=O) groups is 1. The summed E-state index contributed by atoms with van der Waals surface area (Å²) >= 11 is 5.93. The van der Waals surface area contributed by atoms with Crippen molar-refractivity contribution in [2.45, 2.75) is 13.8 Å². The number of carbonyl (C=O) groups excluding carboxylic acids is 1. The first kappa shape index (κ1) is 17.0. The fraction of sp³-hybridized carbons (Fsp3) is 0.167. The van der Waals surface area contributed by atoms with Crippen LogP contribution in [0.15, 0.2) is 47.0 Å². The molecule has 0 saturated carbocycles. The Morgan fingerprint density at radius 3 is 2.68 bits per heavy atom. The maximum absolute atomic E-state index is 12.0. The third-order valence-electron chi connectivity index (χ3n) is 3.31. The molecule has 1 amide bonds. The van der Waals surface area contributed by atoms with Gasteiger partial charge in [0.1, 0.15) is 5.75 Å². The molecule has 25 heavy (non-hydrogen) atoms.